The molecule has 3 heteroatoms. The Balaban J connectivity index is 2.42. The summed E-state index contributed by atoms with van der Waals surface area (Å²) in [6.07, 6.45) is 2.64. The molecule has 1 rings (SSSR count). The first-order chi connectivity index (χ1) is 7.81. The molecule has 0 saturated heterocycles. The van der Waals surface area contributed by atoms with Gasteiger partial charge < -0.3 is 14.9 Å². The second-order valence-corrected chi connectivity index (χ2v) is 3.86. The van der Waals surface area contributed by atoms with Crippen LogP contribution in [0.4, 0.5) is 0 Å². The predicted octanol–water partition coefficient (Wildman–Crippen LogP) is 1.51. The molecule has 1 aromatic rings. The molecule has 0 saturated carbocycles. The SMILES string of the molecule is COC(CO)CCCc1ccccc1CO. The summed E-state index contributed by atoms with van der Waals surface area (Å²) in [7, 11) is 1.61. The number of methoxy groups -OCH3 is 1. The third-order valence-electron chi connectivity index (χ3n) is 2.80. The second kappa shape index (κ2) is 7.39. The molecular weight excluding hydrogens is 204 g/mol. The van der Waals surface area contributed by atoms with Gasteiger partial charge in [-0.1, -0.05) is 24.3 Å². The molecule has 1 unspecified atom stereocenters. The molecule has 1 aromatic carbocycles. The largest absolute Gasteiger partial charge is 0.394 e. The van der Waals surface area contributed by atoms with Crippen LogP contribution in [-0.2, 0) is 17.8 Å². The van der Waals surface area contributed by atoms with Gasteiger partial charge in [-0.05, 0) is 30.4 Å². The quantitative estimate of drug-likeness (QED) is 0.738. The number of hydrogen-bond acceptors (Lipinski definition) is 3. The molecule has 0 spiro atoms. The van der Waals surface area contributed by atoms with Crippen molar-refractivity contribution in [2.75, 3.05) is 13.7 Å². The summed E-state index contributed by atoms with van der Waals surface area (Å²) >= 11 is 0. The van der Waals surface area contributed by atoms with E-state index in [4.69, 9.17) is 14.9 Å². The van der Waals surface area contributed by atoms with Gasteiger partial charge >= 0.3 is 0 Å². The van der Waals surface area contributed by atoms with Gasteiger partial charge in [0.25, 0.3) is 0 Å². The molecule has 3 nitrogen and oxygen atoms in total. The van der Waals surface area contributed by atoms with Gasteiger partial charge in [-0.15, -0.1) is 0 Å². The van der Waals surface area contributed by atoms with Gasteiger partial charge in [-0.3, -0.25) is 0 Å². The van der Waals surface area contributed by atoms with E-state index >= 15 is 0 Å². The maximum Gasteiger partial charge on any atom is 0.0802 e. The Bertz CT molecular complexity index is 295. The van der Waals surface area contributed by atoms with Gasteiger partial charge in [0.2, 0.25) is 0 Å². The Morgan fingerprint density at radius 2 is 1.88 bits per heavy atom. The van der Waals surface area contributed by atoms with Crippen LogP contribution in [-0.4, -0.2) is 30.0 Å². The molecule has 0 radical (unpaired) electrons. The molecule has 0 aliphatic heterocycles. The number of hydrogen-bond donors (Lipinski definition) is 2. The Morgan fingerprint density at radius 1 is 1.19 bits per heavy atom. The summed E-state index contributed by atoms with van der Waals surface area (Å²) in [4.78, 5) is 0. The normalized spacial score (nSPS) is 12.7. The molecule has 0 heterocycles. The van der Waals surface area contributed by atoms with Crippen LogP contribution in [0.5, 0.6) is 0 Å². The highest BCUT2D eigenvalue weighted by Gasteiger charge is 2.06. The highest BCUT2D eigenvalue weighted by molar-refractivity contribution is 5.26. The lowest BCUT2D eigenvalue weighted by Crippen LogP contribution is -2.15. The minimum absolute atomic E-state index is 0.0676. The van der Waals surface area contributed by atoms with Gasteiger partial charge in [0.15, 0.2) is 0 Å². The first-order valence-corrected chi connectivity index (χ1v) is 5.63. The fraction of sp³-hybridized carbons (Fsp3) is 0.538. The lowest BCUT2D eigenvalue weighted by Gasteiger charge is -2.12. The van der Waals surface area contributed by atoms with E-state index in [0.717, 1.165) is 24.8 Å². The Hall–Kier alpha value is -0.900. The van der Waals surface area contributed by atoms with E-state index < -0.39 is 0 Å². The van der Waals surface area contributed by atoms with Gasteiger partial charge in [0.05, 0.1) is 19.3 Å². The van der Waals surface area contributed by atoms with Crippen LogP contribution in [0, 0.1) is 0 Å². The lowest BCUT2D eigenvalue weighted by molar-refractivity contribution is 0.0420. The van der Waals surface area contributed by atoms with E-state index in [1.165, 1.54) is 5.56 Å². The maximum atomic E-state index is 9.15. The third kappa shape index (κ3) is 3.93. The number of benzene rings is 1. The van der Waals surface area contributed by atoms with Crippen molar-refractivity contribution < 1.29 is 14.9 Å². The van der Waals surface area contributed by atoms with Crippen LogP contribution in [0.15, 0.2) is 24.3 Å². The average Bonchev–Trinajstić information content (AvgIpc) is 2.35. The van der Waals surface area contributed by atoms with Crippen LogP contribution < -0.4 is 0 Å². The number of aryl methyl sites for hydroxylation is 1. The van der Waals surface area contributed by atoms with Gasteiger partial charge in [-0.25, -0.2) is 0 Å². The first-order valence-electron chi connectivity index (χ1n) is 5.63. The van der Waals surface area contributed by atoms with E-state index in [-0.39, 0.29) is 19.3 Å². The molecular formula is C13H20O3. The van der Waals surface area contributed by atoms with E-state index in [9.17, 15) is 0 Å². The second-order valence-electron chi connectivity index (χ2n) is 3.86. The van der Waals surface area contributed by atoms with Crippen LogP contribution in [0.1, 0.15) is 24.0 Å². The topological polar surface area (TPSA) is 49.7 Å². The van der Waals surface area contributed by atoms with E-state index in [1.54, 1.807) is 7.11 Å². The zero-order chi connectivity index (χ0) is 11.8. The minimum atomic E-state index is -0.0683. The fourth-order valence-electron chi connectivity index (χ4n) is 1.76. The lowest BCUT2D eigenvalue weighted by atomic mass is 10.0. The standard InChI is InChI=1S/C13H20O3/c1-16-13(10-15)8-4-7-11-5-2-3-6-12(11)9-14/h2-3,5-6,13-15H,4,7-10H2,1H3. The van der Waals surface area contributed by atoms with Crippen molar-refractivity contribution in [1.82, 2.24) is 0 Å². The average molecular weight is 224 g/mol. The summed E-state index contributed by atoms with van der Waals surface area (Å²) in [6.45, 7) is 0.155. The van der Waals surface area contributed by atoms with Crippen molar-refractivity contribution in [1.29, 1.82) is 0 Å². The molecule has 0 amide bonds. The van der Waals surface area contributed by atoms with Gasteiger partial charge in [0, 0.05) is 7.11 Å². The molecule has 0 aromatic heterocycles. The summed E-state index contributed by atoms with van der Waals surface area (Å²) in [5.41, 5.74) is 2.17. The highest BCUT2D eigenvalue weighted by Crippen LogP contribution is 2.13. The summed E-state index contributed by atoms with van der Waals surface area (Å²) in [5.74, 6) is 0. The fourth-order valence-corrected chi connectivity index (χ4v) is 1.76. The van der Waals surface area contributed by atoms with Gasteiger partial charge in [-0.2, -0.15) is 0 Å². The van der Waals surface area contributed by atoms with Crippen molar-refractivity contribution >= 4 is 0 Å². The van der Waals surface area contributed by atoms with Crippen molar-refractivity contribution in [3.8, 4) is 0 Å². The van der Waals surface area contributed by atoms with E-state index in [1.807, 2.05) is 24.3 Å². The van der Waals surface area contributed by atoms with Crippen molar-refractivity contribution in [2.24, 2.45) is 0 Å². The zero-order valence-electron chi connectivity index (χ0n) is 9.72. The molecule has 0 fully saturated rings. The van der Waals surface area contributed by atoms with Crippen molar-refractivity contribution in [3.05, 3.63) is 35.4 Å². The van der Waals surface area contributed by atoms with Crippen LogP contribution >= 0.6 is 0 Å². The number of aliphatic hydroxyl groups is 2. The zero-order valence-corrected chi connectivity index (χ0v) is 9.72. The molecule has 90 valence electrons. The molecule has 2 N–H and O–H groups in total. The van der Waals surface area contributed by atoms with Crippen LogP contribution in [0.3, 0.4) is 0 Å². The molecule has 0 aliphatic carbocycles. The number of aliphatic hydroxyl groups excluding tert-OH is 2. The minimum Gasteiger partial charge on any atom is -0.394 e. The predicted molar refractivity (Wildman–Crippen MR) is 63.2 cm³/mol. The summed E-state index contributed by atoms with van der Waals surface area (Å²) in [6, 6.07) is 7.89. The number of rotatable bonds is 7. The summed E-state index contributed by atoms with van der Waals surface area (Å²) in [5, 5.41) is 18.1. The van der Waals surface area contributed by atoms with Crippen molar-refractivity contribution in [3.63, 3.8) is 0 Å². The maximum absolute atomic E-state index is 9.15. The van der Waals surface area contributed by atoms with Crippen molar-refractivity contribution in [2.45, 2.75) is 32.0 Å². The Kier molecular flexibility index (Phi) is 6.08. The first kappa shape index (κ1) is 13.2. The van der Waals surface area contributed by atoms with Gasteiger partial charge in [0.1, 0.15) is 0 Å². The van der Waals surface area contributed by atoms with Crippen LogP contribution in [0.2, 0.25) is 0 Å². The molecule has 1 atom stereocenters. The highest BCUT2D eigenvalue weighted by atomic mass is 16.5. The third-order valence-corrected chi connectivity index (χ3v) is 2.80. The Morgan fingerprint density at radius 3 is 2.44 bits per heavy atom. The smallest absolute Gasteiger partial charge is 0.0802 e. The van der Waals surface area contributed by atoms with Crippen LogP contribution in [0.25, 0.3) is 0 Å². The summed E-state index contributed by atoms with van der Waals surface area (Å²) < 4.78 is 5.09. The van der Waals surface area contributed by atoms with E-state index in [0.29, 0.717) is 0 Å². The Labute approximate surface area is 96.7 Å². The molecule has 0 bridgehead atoms. The number of ether oxygens (including phenoxy) is 1. The monoisotopic (exact) mass is 224 g/mol. The van der Waals surface area contributed by atoms with E-state index in [2.05, 4.69) is 0 Å². The molecule has 0 aliphatic rings. The molecule has 16 heavy (non-hydrogen) atoms.